The molecule has 9 nitrogen and oxygen atoms in total. The summed E-state index contributed by atoms with van der Waals surface area (Å²) in [5.41, 5.74) is -1.71. The lowest BCUT2D eigenvalue weighted by molar-refractivity contribution is -0.484. The average molecular weight is 655 g/mol. The van der Waals surface area contributed by atoms with Gasteiger partial charge in [-0.1, -0.05) is 72.8 Å². The molecule has 3 aromatic rings. The lowest BCUT2D eigenvalue weighted by Gasteiger charge is -2.97. The maximum Gasteiger partial charge on any atom is 0.410 e. The molecule has 2 aliphatic carbocycles. The highest BCUT2D eigenvalue weighted by atomic mass is 16.6. The molecule has 4 N–H and O–H groups in total. The predicted octanol–water partition coefficient (Wildman–Crippen LogP) is 3.76. The number of nitrogens with zero attached hydrogens (tertiary/aromatic N) is 2. The number of rotatable bonds is 9. The van der Waals surface area contributed by atoms with Gasteiger partial charge in [0.05, 0.1) is 45.6 Å². The molecule has 4 saturated heterocycles. The van der Waals surface area contributed by atoms with Crippen LogP contribution in [0.1, 0.15) is 49.3 Å². The van der Waals surface area contributed by atoms with E-state index >= 15 is 0 Å². The number of aliphatic hydroxyl groups is 4. The second kappa shape index (κ2) is 10.5. The Morgan fingerprint density at radius 3 is 1.52 bits per heavy atom. The van der Waals surface area contributed by atoms with Crippen LogP contribution in [0.15, 0.2) is 84.9 Å². The number of aliphatic hydroxyl groups excluding tert-OH is 4. The second-order valence-corrected chi connectivity index (χ2v) is 15.8. The van der Waals surface area contributed by atoms with Gasteiger partial charge in [-0.25, -0.2) is 4.79 Å². The van der Waals surface area contributed by atoms with Gasteiger partial charge in [0.2, 0.25) is 0 Å². The van der Waals surface area contributed by atoms with E-state index in [1.54, 1.807) is 12.0 Å². The first kappa shape index (κ1) is 31.8. The number of carbonyl (C=O) groups excluding carboxylic acids is 1. The Morgan fingerprint density at radius 2 is 1.10 bits per heavy atom. The molecule has 0 aromatic heterocycles. The quantitative estimate of drug-likeness (QED) is 0.275. The summed E-state index contributed by atoms with van der Waals surface area (Å²) in [7, 11) is 1.62. The molecule has 4 heterocycles. The number of methoxy groups -OCH3 is 1. The first-order valence-corrected chi connectivity index (χ1v) is 17.0. The Kier molecular flexibility index (Phi) is 6.96. The zero-order valence-electron chi connectivity index (χ0n) is 28.0. The monoisotopic (exact) mass is 654 g/mol. The molecule has 2 saturated carbocycles. The van der Waals surface area contributed by atoms with Crippen molar-refractivity contribution in [1.82, 2.24) is 9.80 Å². The molecule has 6 aliphatic rings. The van der Waals surface area contributed by atoms with Crippen molar-refractivity contribution in [1.29, 1.82) is 0 Å². The van der Waals surface area contributed by atoms with Gasteiger partial charge in [-0.2, -0.15) is 0 Å². The summed E-state index contributed by atoms with van der Waals surface area (Å²) in [6, 6.07) is 25.8. The van der Waals surface area contributed by atoms with E-state index in [9.17, 15) is 25.2 Å². The number of carbonyl (C=O) groups is 1. The van der Waals surface area contributed by atoms with Crippen molar-refractivity contribution < 1.29 is 34.7 Å². The fourth-order valence-corrected chi connectivity index (χ4v) is 12.5. The minimum atomic E-state index is -0.978. The molecule has 9 rings (SSSR count). The summed E-state index contributed by atoms with van der Waals surface area (Å²) < 4.78 is 11.6. The molecule has 8 unspecified atom stereocenters. The van der Waals surface area contributed by atoms with Crippen molar-refractivity contribution >= 4 is 6.09 Å². The van der Waals surface area contributed by atoms with Crippen molar-refractivity contribution in [3.8, 4) is 5.75 Å². The van der Waals surface area contributed by atoms with E-state index in [1.165, 1.54) is 0 Å². The number of benzene rings is 3. The van der Waals surface area contributed by atoms with E-state index in [1.807, 2.05) is 81.4 Å². The smallest absolute Gasteiger partial charge is 0.410 e. The summed E-state index contributed by atoms with van der Waals surface area (Å²) in [5, 5.41) is 47.7. The minimum Gasteiger partial charge on any atom is -0.497 e. The molecular weight excluding hydrogens is 608 g/mol. The van der Waals surface area contributed by atoms with Crippen molar-refractivity contribution in [2.75, 3.05) is 33.5 Å². The van der Waals surface area contributed by atoms with Crippen LogP contribution >= 0.6 is 0 Å². The molecule has 9 heteroatoms. The van der Waals surface area contributed by atoms with Gasteiger partial charge in [-0.15, -0.1) is 0 Å². The van der Waals surface area contributed by atoms with E-state index in [2.05, 4.69) is 29.2 Å². The summed E-state index contributed by atoms with van der Waals surface area (Å²) in [5.74, 6) is -0.0522. The van der Waals surface area contributed by atoms with Crippen LogP contribution in [0.4, 0.5) is 4.79 Å². The average Bonchev–Trinajstić information content (AvgIpc) is 3.07. The summed E-state index contributed by atoms with van der Waals surface area (Å²) in [6.07, 6.45) is -0.545. The van der Waals surface area contributed by atoms with Crippen molar-refractivity contribution in [3.05, 3.63) is 102 Å². The Bertz CT molecular complexity index is 1650. The molecule has 0 spiro atoms. The van der Waals surface area contributed by atoms with Crippen LogP contribution in [-0.2, 0) is 11.3 Å². The zero-order chi connectivity index (χ0) is 33.9. The van der Waals surface area contributed by atoms with Crippen LogP contribution in [-0.4, -0.2) is 99.6 Å². The van der Waals surface area contributed by atoms with E-state index in [0.717, 1.165) is 16.7 Å². The predicted molar refractivity (Wildman–Crippen MR) is 178 cm³/mol. The third-order valence-corrected chi connectivity index (χ3v) is 12.9. The molecule has 1 amide bonds. The zero-order valence-corrected chi connectivity index (χ0v) is 28.0. The summed E-state index contributed by atoms with van der Waals surface area (Å²) in [4.78, 5) is 18.7. The molecule has 254 valence electrons. The van der Waals surface area contributed by atoms with Crippen LogP contribution in [0.2, 0.25) is 0 Å². The van der Waals surface area contributed by atoms with Gasteiger partial charge in [0.1, 0.15) is 11.4 Å². The molecule has 4 aliphatic heterocycles. The van der Waals surface area contributed by atoms with E-state index < -0.39 is 63.4 Å². The van der Waals surface area contributed by atoms with Crippen molar-refractivity contribution in [3.63, 3.8) is 0 Å². The lowest BCUT2D eigenvalue weighted by Crippen LogP contribution is -3.08. The SMILES string of the molecule is COc1ccc(C2C3(CO)C4N(Cc5ccccc5)C5C6(CO)C(c7ccccc7)C4(CO)C3N(C(=O)OC(C)(C)C)C6C25CO)cc1. The molecule has 48 heavy (non-hydrogen) atoms. The van der Waals surface area contributed by atoms with Crippen LogP contribution in [0.5, 0.6) is 5.75 Å². The highest BCUT2D eigenvalue weighted by Crippen LogP contribution is 2.91. The summed E-state index contributed by atoms with van der Waals surface area (Å²) >= 11 is 0. The first-order valence-electron chi connectivity index (χ1n) is 17.0. The molecule has 0 radical (unpaired) electrons. The Hall–Kier alpha value is -3.47. The Balaban J connectivity index is 1.45. The van der Waals surface area contributed by atoms with Gasteiger partial charge < -0.3 is 29.9 Å². The largest absolute Gasteiger partial charge is 0.497 e. The number of hydrogen-bond acceptors (Lipinski definition) is 8. The number of ether oxygens (including phenoxy) is 2. The van der Waals surface area contributed by atoms with E-state index in [-0.39, 0.29) is 32.3 Å². The first-order chi connectivity index (χ1) is 23.1. The molecule has 8 bridgehead atoms. The maximum atomic E-state index is 14.6. The number of piperidine rings is 4. The van der Waals surface area contributed by atoms with Crippen LogP contribution < -0.4 is 4.74 Å². The fraction of sp³-hybridized carbons (Fsp3) is 0.513. The van der Waals surface area contributed by atoms with Gasteiger partial charge >= 0.3 is 6.09 Å². The third kappa shape index (κ3) is 3.46. The lowest BCUT2D eigenvalue weighted by atomic mass is 9.16. The Labute approximate surface area is 281 Å². The molecular formula is C39H46N2O7. The van der Waals surface area contributed by atoms with E-state index in [4.69, 9.17) is 9.47 Å². The van der Waals surface area contributed by atoms with Gasteiger partial charge in [0, 0.05) is 52.1 Å². The van der Waals surface area contributed by atoms with Crippen molar-refractivity contribution in [2.24, 2.45) is 21.7 Å². The fourth-order valence-electron chi connectivity index (χ4n) is 12.5. The highest BCUT2D eigenvalue weighted by molar-refractivity contribution is 5.75. The van der Waals surface area contributed by atoms with Crippen LogP contribution in [0.25, 0.3) is 0 Å². The van der Waals surface area contributed by atoms with Crippen molar-refractivity contribution in [2.45, 2.75) is 68.9 Å². The molecule has 6 fully saturated rings. The van der Waals surface area contributed by atoms with Crippen LogP contribution in [0, 0.1) is 21.7 Å². The second-order valence-electron chi connectivity index (χ2n) is 15.8. The van der Waals surface area contributed by atoms with E-state index in [0.29, 0.717) is 12.3 Å². The highest BCUT2D eigenvalue weighted by Gasteiger charge is 3.00. The number of hydrogen-bond donors (Lipinski definition) is 4. The standard InChI is InChI=1S/C39H46N2O7/c1-35(2,3)48-34(46)41-32-36(20-42)28(25-13-9-6-10-14-25)37(21-43)31-39(23-45,33(37)41)29(26-15-17-27(47-4)18-16-26)38(32,22-44)30(36)40(31)19-24-11-7-5-8-12-24/h5-18,28-33,42-45H,19-23H2,1-4H3. The molecule has 8 atom stereocenters. The van der Waals surface area contributed by atoms with Gasteiger partial charge in [-0.3, -0.25) is 9.80 Å². The number of amides is 1. The Morgan fingerprint density at radius 1 is 0.667 bits per heavy atom. The van der Waals surface area contributed by atoms with Gasteiger partial charge in [0.15, 0.2) is 0 Å². The van der Waals surface area contributed by atoms with Crippen LogP contribution in [0.3, 0.4) is 0 Å². The topological polar surface area (TPSA) is 123 Å². The minimum absolute atomic E-state index is 0.267. The van der Waals surface area contributed by atoms with Gasteiger partial charge in [-0.05, 0) is 49.6 Å². The molecule has 3 aromatic carbocycles. The summed E-state index contributed by atoms with van der Waals surface area (Å²) in [6.45, 7) is 4.89. The van der Waals surface area contributed by atoms with Gasteiger partial charge in [0.25, 0.3) is 0 Å². The maximum absolute atomic E-state index is 14.6. The normalized spacial score (nSPS) is 38.7. The third-order valence-electron chi connectivity index (χ3n) is 12.9.